The van der Waals surface area contributed by atoms with Gasteiger partial charge in [-0.05, 0) is 25.1 Å². The maximum atomic E-state index is 11.8. The van der Waals surface area contributed by atoms with Crippen molar-refractivity contribution in [1.82, 2.24) is 10.9 Å². The number of carbonyl (C=O) groups is 1. The number of hydrogen-bond donors (Lipinski definition) is 3. The van der Waals surface area contributed by atoms with Crippen molar-refractivity contribution in [2.75, 3.05) is 0 Å². The van der Waals surface area contributed by atoms with Crippen LogP contribution in [0, 0.1) is 6.92 Å². The van der Waals surface area contributed by atoms with Crippen molar-refractivity contribution in [3.05, 3.63) is 60.1 Å². The summed E-state index contributed by atoms with van der Waals surface area (Å²) in [5.41, 5.74) is 6.51. The maximum absolute atomic E-state index is 11.8. The van der Waals surface area contributed by atoms with E-state index in [1.54, 1.807) is 37.3 Å². The van der Waals surface area contributed by atoms with Crippen LogP contribution in [-0.2, 0) is 0 Å². The molecule has 3 N–H and O–H groups in total. The molecule has 0 aliphatic carbocycles. The van der Waals surface area contributed by atoms with Gasteiger partial charge < -0.3 is 9.52 Å². The lowest BCUT2D eigenvalue weighted by molar-refractivity contribution is 0.0941. The molecule has 2 aromatic rings. The van der Waals surface area contributed by atoms with Gasteiger partial charge in [-0.2, -0.15) is 0 Å². The van der Waals surface area contributed by atoms with E-state index < -0.39 is 0 Å². The third-order valence-electron chi connectivity index (χ3n) is 2.66. The molecular weight excluding hydrogens is 244 g/mol. The van der Waals surface area contributed by atoms with E-state index in [-0.39, 0.29) is 11.7 Å². The lowest BCUT2D eigenvalue weighted by atomic mass is 10.1. The molecule has 1 amide bonds. The molecule has 0 unspecified atom stereocenters. The van der Waals surface area contributed by atoms with Crippen LogP contribution in [0.2, 0.25) is 0 Å². The maximum Gasteiger partial charge on any atom is 0.273 e. The molecule has 2 rings (SSSR count). The number of phenolic OH excluding ortho intramolecular Hbond substituents is 1. The van der Waals surface area contributed by atoms with Crippen LogP contribution in [0.4, 0.5) is 0 Å². The van der Waals surface area contributed by atoms with Crippen molar-refractivity contribution in [2.24, 2.45) is 0 Å². The van der Waals surface area contributed by atoms with Gasteiger partial charge in [0, 0.05) is 5.56 Å². The van der Waals surface area contributed by atoms with E-state index in [1.165, 1.54) is 6.26 Å². The first-order chi connectivity index (χ1) is 9.09. The lowest BCUT2D eigenvalue weighted by Crippen LogP contribution is -2.35. The van der Waals surface area contributed by atoms with Crippen LogP contribution in [0.25, 0.3) is 5.70 Å². The molecule has 0 atom stereocenters. The number of benzene rings is 1. The number of hydrazine groups is 1. The fourth-order valence-electron chi connectivity index (χ4n) is 1.62. The zero-order valence-electron chi connectivity index (χ0n) is 10.4. The minimum Gasteiger partial charge on any atom is -0.507 e. The standard InChI is InChI=1S/C14H14N2O3/c1-9(11-5-3-4-6-13(11)17)15-16-14(18)12-7-8-19-10(12)2/h3-8,15,17H,1H2,2H3,(H,16,18). The molecule has 0 bridgehead atoms. The van der Waals surface area contributed by atoms with Crippen molar-refractivity contribution in [3.8, 4) is 5.75 Å². The van der Waals surface area contributed by atoms with Crippen LogP contribution in [-0.4, -0.2) is 11.0 Å². The van der Waals surface area contributed by atoms with E-state index in [4.69, 9.17) is 4.42 Å². The number of phenols is 1. The molecular formula is C14H14N2O3. The topological polar surface area (TPSA) is 74.5 Å². The Hall–Kier alpha value is -2.69. The molecule has 5 nitrogen and oxygen atoms in total. The van der Waals surface area contributed by atoms with Crippen LogP contribution in [0.3, 0.4) is 0 Å². The van der Waals surface area contributed by atoms with E-state index >= 15 is 0 Å². The van der Waals surface area contributed by atoms with Gasteiger partial charge in [0.25, 0.3) is 5.91 Å². The highest BCUT2D eigenvalue weighted by Crippen LogP contribution is 2.20. The monoisotopic (exact) mass is 258 g/mol. The van der Waals surface area contributed by atoms with Gasteiger partial charge in [0.05, 0.1) is 17.5 Å². The Balaban J connectivity index is 2.00. The predicted octanol–water partition coefficient (Wildman–Crippen LogP) is 2.20. The fourth-order valence-corrected chi connectivity index (χ4v) is 1.62. The Labute approximate surface area is 110 Å². The molecule has 98 valence electrons. The third kappa shape index (κ3) is 2.77. The van der Waals surface area contributed by atoms with Crippen molar-refractivity contribution in [2.45, 2.75) is 6.92 Å². The molecule has 0 aliphatic heterocycles. The van der Waals surface area contributed by atoms with Crippen LogP contribution in [0.1, 0.15) is 21.7 Å². The molecule has 5 heteroatoms. The minimum absolute atomic E-state index is 0.0914. The van der Waals surface area contributed by atoms with Crippen molar-refractivity contribution in [3.63, 3.8) is 0 Å². The number of aryl methyl sites for hydroxylation is 1. The van der Waals surface area contributed by atoms with Crippen LogP contribution in [0.5, 0.6) is 5.75 Å². The number of furan rings is 1. The quantitative estimate of drug-likeness (QED) is 0.735. The second-order valence-electron chi connectivity index (χ2n) is 3.97. The fraction of sp³-hybridized carbons (Fsp3) is 0.0714. The Bertz CT molecular complexity index is 617. The smallest absolute Gasteiger partial charge is 0.273 e. The highest BCUT2D eigenvalue weighted by Gasteiger charge is 2.11. The summed E-state index contributed by atoms with van der Waals surface area (Å²) in [5.74, 6) is 0.295. The number of aromatic hydroxyl groups is 1. The predicted molar refractivity (Wildman–Crippen MR) is 71.2 cm³/mol. The summed E-state index contributed by atoms with van der Waals surface area (Å²) in [6, 6.07) is 8.29. The summed E-state index contributed by atoms with van der Waals surface area (Å²) >= 11 is 0. The summed E-state index contributed by atoms with van der Waals surface area (Å²) < 4.78 is 5.05. The summed E-state index contributed by atoms with van der Waals surface area (Å²) in [6.45, 7) is 5.45. The van der Waals surface area contributed by atoms with Gasteiger partial charge in [0.1, 0.15) is 11.5 Å². The number of rotatable bonds is 4. The molecule has 0 fully saturated rings. The zero-order valence-corrected chi connectivity index (χ0v) is 10.4. The third-order valence-corrected chi connectivity index (χ3v) is 2.66. The highest BCUT2D eigenvalue weighted by molar-refractivity contribution is 5.95. The number of hydrogen-bond acceptors (Lipinski definition) is 4. The minimum atomic E-state index is -0.331. The molecule has 0 aliphatic rings. The SMILES string of the molecule is C=C(NNC(=O)c1ccoc1C)c1ccccc1O. The number of para-hydroxylation sites is 1. The average Bonchev–Trinajstić information content (AvgIpc) is 2.82. The van der Waals surface area contributed by atoms with Crippen LogP contribution >= 0.6 is 0 Å². The Kier molecular flexibility index (Phi) is 3.56. The lowest BCUT2D eigenvalue weighted by Gasteiger charge is -2.11. The summed E-state index contributed by atoms with van der Waals surface area (Å²) in [6.07, 6.45) is 1.45. The van der Waals surface area contributed by atoms with Crippen molar-refractivity contribution >= 4 is 11.6 Å². The first-order valence-electron chi connectivity index (χ1n) is 5.67. The number of amides is 1. The van der Waals surface area contributed by atoms with E-state index in [0.717, 1.165) is 0 Å². The molecule has 1 aromatic heterocycles. The molecule has 0 saturated carbocycles. The normalized spacial score (nSPS) is 9.95. The first kappa shape index (κ1) is 12.8. The summed E-state index contributed by atoms with van der Waals surface area (Å²) in [5, 5.41) is 9.65. The van der Waals surface area contributed by atoms with Crippen LogP contribution in [0.15, 0.2) is 47.6 Å². The van der Waals surface area contributed by atoms with Crippen molar-refractivity contribution in [1.29, 1.82) is 0 Å². The van der Waals surface area contributed by atoms with Gasteiger partial charge in [-0.15, -0.1) is 0 Å². The first-order valence-corrected chi connectivity index (χ1v) is 5.67. The Morgan fingerprint density at radius 1 is 1.21 bits per heavy atom. The number of nitrogens with one attached hydrogen (secondary N) is 2. The Morgan fingerprint density at radius 2 is 1.95 bits per heavy atom. The second kappa shape index (κ2) is 5.30. The molecule has 0 saturated heterocycles. The summed E-state index contributed by atoms with van der Waals surface area (Å²) in [4.78, 5) is 11.8. The largest absolute Gasteiger partial charge is 0.507 e. The molecule has 0 spiro atoms. The molecule has 1 aromatic carbocycles. The van der Waals surface area contributed by atoms with Gasteiger partial charge in [0.15, 0.2) is 0 Å². The Morgan fingerprint density at radius 3 is 2.58 bits per heavy atom. The van der Waals surface area contributed by atoms with Gasteiger partial charge in [0.2, 0.25) is 0 Å². The van der Waals surface area contributed by atoms with Crippen LogP contribution < -0.4 is 10.9 Å². The summed E-state index contributed by atoms with van der Waals surface area (Å²) in [7, 11) is 0. The van der Waals surface area contributed by atoms with Gasteiger partial charge in [-0.3, -0.25) is 15.6 Å². The van der Waals surface area contributed by atoms with Gasteiger partial charge >= 0.3 is 0 Å². The molecule has 1 heterocycles. The van der Waals surface area contributed by atoms with E-state index in [1.807, 2.05) is 0 Å². The zero-order chi connectivity index (χ0) is 13.8. The highest BCUT2D eigenvalue weighted by atomic mass is 16.3. The average molecular weight is 258 g/mol. The second-order valence-corrected chi connectivity index (χ2v) is 3.97. The molecule has 0 radical (unpaired) electrons. The van der Waals surface area contributed by atoms with E-state index in [0.29, 0.717) is 22.6 Å². The molecule has 19 heavy (non-hydrogen) atoms. The van der Waals surface area contributed by atoms with E-state index in [2.05, 4.69) is 17.4 Å². The number of carbonyl (C=O) groups excluding carboxylic acids is 1. The van der Waals surface area contributed by atoms with Gasteiger partial charge in [-0.1, -0.05) is 18.7 Å². The van der Waals surface area contributed by atoms with Gasteiger partial charge in [-0.25, -0.2) is 0 Å². The van der Waals surface area contributed by atoms with E-state index in [9.17, 15) is 9.90 Å². The van der Waals surface area contributed by atoms with Crippen molar-refractivity contribution < 1.29 is 14.3 Å².